The maximum atomic E-state index is 11.0. The molecule has 0 aromatic carbocycles. The van der Waals surface area contributed by atoms with Crippen molar-refractivity contribution in [2.24, 2.45) is 0 Å². The summed E-state index contributed by atoms with van der Waals surface area (Å²) in [4.78, 5) is 20.1. The molecule has 1 fully saturated rings. The molecule has 0 unspecified atom stereocenters. The van der Waals surface area contributed by atoms with Gasteiger partial charge in [0.15, 0.2) is 0 Å². The third-order valence-electron chi connectivity index (χ3n) is 4.26. The molecule has 1 aromatic rings. The number of aromatic nitrogens is 1. The second-order valence-electron chi connectivity index (χ2n) is 5.65. The first-order valence-corrected chi connectivity index (χ1v) is 7.72. The van der Waals surface area contributed by atoms with Gasteiger partial charge in [0.1, 0.15) is 12.1 Å². The van der Waals surface area contributed by atoms with Crippen LogP contribution in [0.25, 0.3) is 0 Å². The highest BCUT2D eigenvalue weighted by Crippen LogP contribution is 2.21. The molecule has 0 bridgehead atoms. The Morgan fingerprint density at radius 2 is 2.05 bits per heavy atom. The van der Waals surface area contributed by atoms with Gasteiger partial charge in [-0.05, 0) is 37.1 Å². The number of piperazine rings is 1. The summed E-state index contributed by atoms with van der Waals surface area (Å²) in [6.07, 6.45) is 9.78. The van der Waals surface area contributed by atoms with Crippen molar-refractivity contribution in [2.45, 2.75) is 13.3 Å². The number of hydrogen-bond donors (Lipinski definition) is 0. The molecule has 1 aliphatic carbocycles. The normalized spacial score (nSPS) is 19.0. The topological polar surface area (TPSA) is 36.4 Å². The van der Waals surface area contributed by atoms with Crippen LogP contribution in [0.1, 0.15) is 13.3 Å². The number of allylic oxidation sites excluding steroid dienone is 6. The van der Waals surface area contributed by atoms with E-state index in [0.29, 0.717) is 0 Å². The fraction of sp³-hybridized carbons (Fsp3) is 0.333. The zero-order valence-corrected chi connectivity index (χ0v) is 12.9. The molecule has 0 spiro atoms. The van der Waals surface area contributed by atoms with Crippen LogP contribution in [0.2, 0.25) is 0 Å². The quantitative estimate of drug-likeness (QED) is 0.800. The van der Waals surface area contributed by atoms with E-state index in [1.807, 2.05) is 30.5 Å². The summed E-state index contributed by atoms with van der Waals surface area (Å²) >= 11 is 0. The first kappa shape index (κ1) is 14.6. The van der Waals surface area contributed by atoms with Crippen molar-refractivity contribution >= 4 is 12.1 Å². The van der Waals surface area contributed by atoms with Gasteiger partial charge in [0.05, 0.1) is 0 Å². The van der Waals surface area contributed by atoms with Gasteiger partial charge in [-0.3, -0.25) is 4.79 Å². The molecule has 0 saturated carbocycles. The maximum Gasteiger partial charge on any atom is 0.146 e. The SMILES string of the molecule is C/C(=C\C1=C(C=O)CC=C1)N1CCN(c2ccccn2)CC1. The van der Waals surface area contributed by atoms with Crippen molar-refractivity contribution in [3.8, 4) is 0 Å². The molecular weight excluding hydrogens is 274 g/mol. The molecule has 0 amide bonds. The number of nitrogens with zero attached hydrogens (tertiary/aromatic N) is 3. The number of aldehydes is 1. The lowest BCUT2D eigenvalue weighted by Crippen LogP contribution is -2.45. The smallest absolute Gasteiger partial charge is 0.146 e. The first-order valence-electron chi connectivity index (χ1n) is 7.72. The second-order valence-corrected chi connectivity index (χ2v) is 5.65. The third kappa shape index (κ3) is 3.11. The highest BCUT2D eigenvalue weighted by Gasteiger charge is 2.18. The number of rotatable bonds is 4. The minimum absolute atomic E-state index is 0.760. The number of carbonyl (C=O) groups excluding carboxylic acids is 1. The highest BCUT2D eigenvalue weighted by atomic mass is 16.1. The Labute approximate surface area is 131 Å². The molecule has 0 atom stereocenters. The molecule has 4 heteroatoms. The molecule has 0 radical (unpaired) electrons. The third-order valence-corrected chi connectivity index (χ3v) is 4.26. The molecule has 1 saturated heterocycles. The number of anilines is 1. The predicted octanol–water partition coefficient (Wildman–Crippen LogP) is 2.56. The van der Waals surface area contributed by atoms with Gasteiger partial charge in [0.25, 0.3) is 0 Å². The molecule has 1 aliphatic heterocycles. The zero-order chi connectivity index (χ0) is 15.4. The Morgan fingerprint density at radius 3 is 2.73 bits per heavy atom. The van der Waals surface area contributed by atoms with Crippen molar-refractivity contribution in [1.29, 1.82) is 0 Å². The van der Waals surface area contributed by atoms with Gasteiger partial charge in [-0.1, -0.05) is 18.2 Å². The Bertz CT molecular complexity index is 623. The Morgan fingerprint density at radius 1 is 1.23 bits per heavy atom. The lowest BCUT2D eigenvalue weighted by atomic mass is 10.1. The van der Waals surface area contributed by atoms with Crippen molar-refractivity contribution in [1.82, 2.24) is 9.88 Å². The average Bonchev–Trinajstić information content (AvgIpc) is 3.03. The lowest BCUT2D eigenvalue weighted by Gasteiger charge is -2.37. The summed E-state index contributed by atoms with van der Waals surface area (Å²) in [6.45, 7) is 6.02. The number of carbonyl (C=O) groups is 1. The first-order chi connectivity index (χ1) is 10.8. The van der Waals surface area contributed by atoms with Crippen LogP contribution in [0.5, 0.6) is 0 Å². The second kappa shape index (κ2) is 6.60. The largest absolute Gasteiger partial charge is 0.371 e. The average molecular weight is 295 g/mol. The standard InChI is InChI=1S/C18H21N3O/c1-15(13-16-5-4-6-17(16)14-22)20-9-11-21(12-10-20)18-7-2-3-8-19-18/h2-5,7-8,13-14H,6,9-12H2,1H3/b15-13+. The van der Waals surface area contributed by atoms with Crippen molar-refractivity contribution in [2.75, 3.05) is 31.1 Å². The molecule has 0 N–H and O–H groups in total. The van der Waals surface area contributed by atoms with Crippen molar-refractivity contribution in [3.05, 3.63) is 59.5 Å². The molecule has 2 heterocycles. The van der Waals surface area contributed by atoms with E-state index in [1.54, 1.807) is 0 Å². The van der Waals surface area contributed by atoms with E-state index in [-0.39, 0.29) is 0 Å². The summed E-state index contributed by atoms with van der Waals surface area (Å²) in [6, 6.07) is 6.03. The Balaban J connectivity index is 1.64. The van der Waals surface area contributed by atoms with Gasteiger partial charge >= 0.3 is 0 Å². The summed E-state index contributed by atoms with van der Waals surface area (Å²) in [7, 11) is 0. The minimum Gasteiger partial charge on any atom is -0.371 e. The van der Waals surface area contributed by atoms with Gasteiger partial charge < -0.3 is 9.80 Å². The van der Waals surface area contributed by atoms with Crippen LogP contribution in [-0.2, 0) is 4.79 Å². The van der Waals surface area contributed by atoms with Crippen LogP contribution >= 0.6 is 0 Å². The maximum absolute atomic E-state index is 11.0. The summed E-state index contributed by atoms with van der Waals surface area (Å²) in [5.74, 6) is 1.05. The fourth-order valence-corrected chi connectivity index (χ4v) is 2.94. The summed E-state index contributed by atoms with van der Waals surface area (Å²) < 4.78 is 0. The molecule has 22 heavy (non-hydrogen) atoms. The molecule has 3 rings (SSSR count). The van der Waals surface area contributed by atoms with Gasteiger partial charge in [0, 0.05) is 43.6 Å². The molecule has 1 aromatic heterocycles. The highest BCUT2D eigenvalue weighted by molar-refractivity contribution is 5.79. The monoisotopic (exact) mass is 295 g/mol. The molecule has 4 nitrogen and oxygen atoms in total. The van der Waals surface area contributed by atoms with Crippen LogP contribution in [0.4, 0.5) is 5.82 Å². The Hall–Kier alpha value is -2.36. The van der Waals surface area contributed by atoms with Crippen LogP contribution < -0.4 is 4.90 Å². The summed E-state index contributed by atoms with van der Waals surface area (Å²) in [5.41, 5.74) is 3.16. The van der Waals surface area contributed by atoms with Gasteiger partial charge in [-0.15, -0.1) is 0 Å². The van der Waals surface area contributed by atoms with Gasteiger partial charge in [-0.25, -0.2) is 4.98 Å². The molecule has 114 valence electrons. The van der Waals surface area contributed by atoms with E-state index in [0.717, 1.165) is 55.9 Å². The van der Waals surface area contributed by atoms with Crippen LogP contribution in [-0.4, -0.2) is 42.3 Å². The number of pyridine rings is 1. The molecule has 2 aliphatic rings. The number of hydrogen-bond acceptors (Lipinski definition) is 4. The van der Waals surface area contributed by atoms with E-state index < -0.39 is 0 Å². The fourth-order valence-electron chi connectivity index (χ4n) is 2.94. The summed E-state index contributed by atoms with van der Waals surface area (Å²) in [5, 5.41) is 0. The zero-order valence-electron chi connectivity index (χ0n) is 12.9. The van der Waals surface area contributed by atoms with Crippen LogP contribution in [0.15, 0.2) is 59.5 Å². The van der Waals surface area contributed by atoms with Crippen molar-refractivity contribution < 1.29 is 4.79 Å². The lowest BCUT2D eigenvalue weighted by molar-refractivity contribution is -0.105. The van der Waals surface area contributed by atoms with E-state index in [9.17, 15) is 4.79 Å². The Kier molecular flexibility index (Phi) is 4.37. The molecular formula is C18H21N3O. The van der Waals surface area contributed by atoms with Gasteiger partial charge in [0.2, 0.25) is 0 Å². The van der Waals surface area contributed by atoms with E-state index >= 15 is 0 Å². The predicted molar refractivity (Wildman–Crippen MR) is 88.6 cm³/mol. The minimum atomic E-state index is 0.760. The van der Waals surface area contributed by atoms with E-state index in [2.05, 4.69) is 33.8 Å². The van der Waals surface area contributed by atoms with Crippen LogP contribution in [0, 0.1) is 0 Å². The van der Waals surface area contributed by atoms with Crippen LogP contribution in [0.3, 0.4) is 0 Å². The van der Waals surface area contributed by atoms with Crippen molar-refractivity contribution in [3.63, 3.8) is 0 Å². The van der Waals surface area contributed by atoms with E-state index in [1.165, 1.54) is 5.70 Å². The van der Waals surface area contributed by atoms with E-state index in [4.69, 9.17) is 0 Å². The van der Waals surface area contributed by atoms with Gasteiger partial charge in [-0.2, -0.15) is 0 Å².